The Morgan fingerprint density at radius 1 is 0.806 bits per heavy atom. The SMILES string of the molecule is O=C(CNC(=O)c1cccc([N+](=O)[O-])c1)Nc1ccc(CN2CCN(Cc3ccccc3)CC2)cc1. The van der Waals surface area contributed by atoms with Crippen LogP contribution in [0.5, 0.6) is 0 Å². The largest absolute Gasteiger partial charge is 0.343 e. The monoisotopic (exact) mass is 487 g/mol. The fourth-order valence-electron chi connectivity index (χ4n) is 4.13. The number of non-ortho nitro benzene ring substituents is 1. The van der Waals surface area contributed by atoms with Crippen molar-refractivity contribution >= 4 is 23.2 Å². The van der Waals surface area contributed by atoms with Crippen molar-refractivity contribution < 1.29 is 14.5 Å². The number of hydrogen-bond acceptors (Lipinski definition) is 6. The number of benzene rings is 3. The average molecular weight is 488 g/mol. The molecular formula is C27H29N5O4. The zero-order valence-corrected chi connectivity index (χ0v) is 19.9. The highest BCUT2D eigenvalue weighted by atomic mass is 16.6. The topological polar surface area (TPSA) is 108 Å². The predicted molar refractivity (Wildman–Crippen MR) is 137 cm³/mol. The molecule has 0 bridgehead atoms. The van der Waals surface area contributed by atoms with Gasteiger partial charge in [0.2, 0.25) is 5.91 Å². The van der Waals surface area contributed by atoms with Crippen LogP contribution in [-0.4, -0.2) is 59.3 Å². The maximum Gasteiger partial charge on any atom is 0.270 e. The Morgan fingerprint density at radius 2 is 1.42 bits per heavy atom. The zero-order valence-electron chi connectivity index (χ0n) is 19.9. The first-order valence-electron chi connectivity index (χ1n) is 11.9. The Hall–Kier alpha value is -4.08. The first-order chi connectivity index (χ1) is 17.5. The van der Waals surface area contributed by atoms with Gasteiger partial charge in [-0.25, -0.2) is 0 Å². The van der Waals surface area contributed by atoms with Gasteiger partial charge in [0.15, 0.2) is 0 Å². The molecule has 4 rings (SSSR count). The van der Waals surface area contributed by atoms with Crippen LogP contribution in [0.1, 0.15) is 21.5 Å². The molecule has 2 amide bonds. The van der Waals surface area contributed by atoms with E-state index in [1.165, 1.54) is 35.4 Å². The van der Waals surface area contributed by atoms with Gasteiger partial charge in [0.05, 0.1) is 11.5 Å². The summed E-state index contributed by atoms with van der Waals surface area (Å²) in [5, 5.41) is 16.1. The fourth-order valence-corrected chi connectivity index (χ4v) is 4.13. The van der Waals surface area contributed by atoms with Gasteiger partial charge in [0.25, 0.3) is 11.6 Å². The Balaban J connectivity index is 1.19. The molecule has 0 unspecified atom stereocenters. The number of rotatable bonds is 9. The van der Waals surface area contributed by atoms with Crippen LogP contribution in [0.15, 0.2) is 78.9 Å². The van der Waals surface area contributed by atoms with Crippen LogP contribution in [0.4, 0.5) is 11.4 Å². The second-order valence-electron chi connectivity index (χ2n) is 8.77. The lowest BCUT2D eigenvalue weighted by atomic mass is 10.1. The summed E-state index contributed by atoms with van der Waals surface area (Å²) in [7, 11) is 0. The minimum Gasteiger partial charge on any atom is -0.343 e. The fraction of sp³-hybridized carbons (Fsp3) is 0.259. The molecule has 9 heteroatoms. The van der Waals surface area contributed by atoms with Gasteiger partial charge in [-0.2, -0.15) is 0 Å². The summed E-state index contributed by atoms with van der Waals surface area (Å²) < 4.78 is 0. The third-order valence-electron chi connectivity index (χ3n) is 6.09. The Kier molecular flexibility index (Phi) is 8.38. The van der Waals surface area contributed by atoms with Gasteiger partial charge in [0.1, 0.15) is 0 Å². The molecule has 36 heavy (non-hydrogen) atoms. The van der Waals surface area contributed by atoms with Crippen molar-refractivity contribution in [1.82, 2.24) is 15.1 Å². The van der Waals surface area contributed by atoms with Crippen molar-refractivity contribution in [2.75, 3.05) is 38.0 Å². The van der Waals surface area contributed by atoms with E-state index < -0.39 is 10.8 Å². The molecule has 1 aliphatic rings. The van der Waals surface area contributed by atoms with Gasteiger partial charge in [-0.15, -0.1) is 0 Å². The van der Waals surface area contributed by atoms with E-state index in [1.807, 2.05) is 30.3 Å². The Labute approximate surface area is 209 Å². The van der Waals surface area contributed by atoms with E-state index >= 15 is 0 Å². The lowest BCUT2D eigenvalue weighted by Gasteiger charge is -2.34. The number of amides is 2. The summed E-state index contributed by atoms with van der Waals surface area (Å²) in [6.07, 6.45) is 0. The number of nitrogens with one attached hydrogen (secondary N) is 2. The van der Waals surface area contributed by atoms with Crippen LogP contribution < -0.4 is 10.6 Å². The molecule has 0 radical (unpaired) electrons. The molecular weight excluding hydrogens is 458 g/mol. The predicted octanol–water partition coefficient (Wildman–Crippen LogP) is 3.28. The van der Waals surface area contributed by atoms with Crippen molar-refractivity contribution in [3.8, 4) is 0 Å². The molecule has 0 spiro atoms. The minimum atomic E-state index is -0.570. The van der Waals surface area contributed by atoms with Gasteiger partial charge < -0.3 is 10.6 Å². The molecule has 0 atom stereocenters. The summed E-state index contributed by atoms with van der Waals surface area (Å²) in [6, 6.07) is 23.6. The smallest absolute Gasteiger partial charge is 0.270 e. The van der Waals surface area contributed by atoms with E-state index in [9.17, 15) is 19.7 Å². The number of nitro benzene ring substituents is 1. The highest BCUT2D eigenvalue weighted by Crippen LogP contribution is 2.15. The van der Waals surface area contributed by atoms with Gasteiger partial charge >= 0.3 is 0 Å². The molecule has 0 aliphatic carbocycles. The molecule has 2 N–H and O–H groups in total. The van der Waals surface area contributed by atoms with Crippen LogP contribution >= 0.6 is 0 Å². The molecule has 9 nitrogen and oxygen atoms in total. The van der Waals surface area contributed by atoms with Crippen molar-refractivity contribution in [2.24, 2.45) is 0 Å². The van der Waals surface area contributed by atoms with Crippen molar-refractivity contribution in [1.29, 1.82) is 0 Å². The maximum atomic E-state index is 12.2. The Morgan fingerprint density at radius 3 is 2.03 bits per heavy atom. The molecule has 1 fully saturated rings. The molecule has 1 saturated heterocycles. The number of carbonyl (C=O) groups is 2. The van der Waals surface area contributed by atoms with Crippen LogP contribution in [0.25, 0.3) is 0 Å². The molecule has 3 aromatic rings. The quantitative estimate of drug-likeness (QED) is 0.354. The van der Waals surface area contributed by atoms with Gasteiger partial charge in [-0.1, -0.05) is 48.5 Å². The number of nitro groups is 1. The van der Waals surface area contributed by atoms with E-state index in [1.54, 1.807) is 0 Å². The number of anilines is 1. The standard InChI is InChI=1S/C27H29N5O4/c33-26(18-28-27(34)23-7-4-8-25(17-23)32(35)36)29-24-11-9-22(10-12-24)20-31-15-13-30(14-16-31)19-21-5-2-1-3-6-21/h1-12,17H,13-16,18-20H2,(H,28,34)(H,29,33). The summed E-state index contributed by atoms with van der Waals surface area (Å²) in [5.74, 6) is -0.927. The summed E-state index contributed by atoms with van der Waals surface area (Å²) in [6.45, 7) is 5.68. The van der Waals surface area contributed by atoms with E-state index in [0.717, 1.165) is 39.3 Å². The normalized spacial score (nSPS) is 14.2. The zero-order chi connectivity index (χ0) is 25.3. The summed E-state index contributed by atoms with van der Waals surface area (Å²) >= 11 is 0. The van der Waals surface area contributed by atoms with Gasteiger partial charge in [0, 0.05) is 62.7 Å². The third kappa shape index (κ3) is 7.21. The van der Waals surface area contributed by atoms with Gasteiger partial charge in [-0.05, 0) is 29.3 Å². The van der Waals surface area contributed by atoms with Crippen molar-refractivity contribution in [3.63, 3.8) is 0 Å². The first-order valence-corrected chi connectivity index (χ1v) is 11.9. The molecule has 186 valence electrons. The van der Waals surface area contributed by atoms with Crippen molar-refractivity contribution in [2.45, 2.75) is 13.1 Å². The second kappa shape index (κ2) is 12.1. The van der Waals surface area contributed by atoms with Gasteiger partial charge in [-0.3, -0.25) is 29.5 Å². The Bertz CT molecular complexity index is 1190. The van der Waals surface area contributed by atoms with E-state index in [4.69, 9.17) is 0 Å². The second-order valence-corrected chi connectivity index (χ2v) is 8.77. The summed E-state index contributed by atoms with van der Waals surface area (Å²) in [5.41, 5.74) is 3.10. The highest BCUT2D eigenvalue weighted by molar-refractivity contribution is 5.99. The lowest BCUT2D eigenvalue weighted by Crippen LogP contribution is -2.45. The van der Waals surface area contributed by atoms with Crippen molar-refractivity contribution in [3.05, 3.63) is 106 Å². The highest BCUT2D eigenvalue weighted by Gasteiger charge is 2.17. The molecule has 1 heterocycles. The number of nitrogens with zero attached hydrogens (tertiary/aromatic N) is 3. The lowest BCUT2D eigenvalue weighted by molar-refractivity contribution is -0.384. The minimum absolute atomic E-state index is 0.127. The average Bonchev–Trinajstić information content (AvgIpc) is 2.90. The molecule has 0 aromatic heterocycles. The summed E-state index contributed by atoms with van der Waals surface area (Å²) in [4.78, 5) is 39.6. The third-order valence-corrected chi connectivity index (χ3v) is 6.09. The van der Waals surface area contributed by atoms with E-state index in [-0.39, 0.29) is 23.7 Å². The molecule has 1 aliphatic heterocycles. The number of carbonyl (C=O) groups excluding carboxylic acids is 2. The van der Waals surface area contributed by atoms with Crippen LogP contribution in [-0.2, 0) is 17.9 Å². The number of piperazine rings is 1. The molecule has 0 saturated carbocycles. The van der Waals surface area contributed by atoms with Crippen LogP contribution in [0.3, 0.4) is 0 Å². The van der Waals surface area contributed by atoms with E-state index in [0.29, 0.717) is 5.69 Å². The van der Waals surface area contributed by atoms with Crippen LogP contribution in [0, 0.1) is 10.1 Å². The van der Waals surface area contributed by atoms with E-state index in [2.05, 4.69) is 44.7 Å². The van der Waals surface area contributed by atoms with Crippen LogP contribution in [0.2, 0.25) is 0 Å². The maximum absolute atomic E-state index is 12.2. The first kappa shape index (κ1) is 25.0. The molecule has 3 aromatic carbocycles. The number of hydrogen-bond donors (Lipinski definition) is 2.